The van der Waals surface area contributed by atoms with E-state index in [0.717, 1.165) is 12.8 Å². The number of aromatic nitrogens is 1. The summed E-state index contributed by atoms with van der Waals surface area (Å²) in [5, 5.41) is 10.2. The van der Waals surface area contributed by atoms with Gasteiger partial charge in [-0.15, -0.1) is 0 Å². The molecule has 0 atom stereocenters. The largest absolute Gasteiger partial charge is 0.396 e. The van der Waals surface area contributed by atoms with Crippen molar-refractivity contribution in [1.29, 1.82) is 0 Å². The van der Waals surface area contributed by atoms with E-state index in [1.165, 1.54) is 27.6 Å². The first-order valence-electron chi connectivity index (χ1n) is 5.41. The molecule has 80 valence electrons. The number of nitrogens with one attached hydrogen (secondary N) is 1. The molecule has 2 nitrogen and oxygen atoms in total. The summed E-state index contributed by atoms with van der Waals surface area (Å²) in [5.41, 5.74) is 5.15. The Balaban J connectivity index is 2.53. The lowest BCUT2D eigenvalue weighted by atomic mass is 10.0. The van der Waals surface area contributed by atoms with Crippen molar-refractivity contribution in [3.63, 3.8) is 0 Å². The average Bonchev–Trinajstić information content (AvgIpc) is 2.65. The third-order valence-corrected chi connectivity index (χ3v) is 2.94. The highest BCUT2D eigenvalue weighted by atomic mass is 16.2. The molecular formula is C13H17NO. The van der Waals surface area contributed by atoms with Gasteiger partial charge in [-0.3, -0.25) is 0 Å². The van der Waals surface area contributed by atoms with Crippen LogP contribution in [-0.4, -0.2) is 16.7 Å². The lowest BCUT2D eigenvalue weighted by Crippen LogP contribution is -1.89. The topological polar surface area (TPSA) is 36.0 Å². The Morgan fingerprint density at radius 1 is 1.20 bits per heavy atom. The van der Waals surface area contributed by atoms with E-state index in [1.807, 2.05) is 0 Å². The highest BCUT2D eigenvalue weighted by molar-refractivity contribution is 5.88. The fourth-order valence-corrected chi connectivity index (χ4v) is 2.11. The van der Waals surface area contributed by atoms with Crippen molar-refractivity contribution in [2.45, 2.75) is 26.7 Å². The Morgan fingerprint density at radius 3 is 2.67 bits per heavy atom. The van der Waals surface area contributed by atoms with Crippen LogP contribution in [0.2, 0.25) is 0 Å². The maximum absolute atomic E-state index is 8.85. The number of benzene rings is 1. The van der Waals surface area contributed by atoms with Crippen molar-refractivity contribution in [3.05, 3.63) is 35.0 Å². The third kappa shape index (κ3) is 1.77. The Bertz CT molecular complexity index is 471. The molecule has 0 aliphatic rings. The predicted molar refractivity (Wildman–Crippen MR) is 63.2 cm³/mol. The van der Waals surface area contributed by atoms with E-state index in [4.69, 9.17) is 5.11 Å². The van der Waals surface area contributed by atoms with Gasteiger partial charge >= 0.3 is 0 Å². The van der Waals surface area contributed by atoms with Gasteiger partial charge in [0.2, 0.25) is 0 Å². The Labute approximate surface area is 89.9 Å². The van der Waals surface area contributed by atoms with E-state index in [1.54, 1.807) is 0 Å². The van der Waals surface area contributed by atoms with E-state index in [2.05, 4.69) is 37.2 Å². The van der Waals surface area contributed by atoms with Crippen LogP contribution in [0, 0.1) is 13.8 Å². The van der Waals surface area contributed by atoms with Crippen LogP contribution in [0.5, 0.6) is 0 Å². The van der Waals surface area contributed by atoms with Gasteiger partial charge in [-0.25, -0.2) is 0 Å². The second-order valence-corrected chi connectivity index (χ2v) is 4.09. The highest BCUT2D eigenvalue weighted by Gasteiger charge is 2.07. The number of aliphatic hydroxyl groups is 1. The zero-order chi connectivity index (χ0) is 10.8. The van der Waals surface area contributed by atoms with Crippen molar-refractivity contribution < 1.29 is 5.11 Å². The first-order chi connectivity index (χ1) is 7.24. The van der Waals surface area contributed by atoms with Gasteiger partial charge in [-0.2, -0.15) is 0 Å². The number of hydrogen-bond acceptors (Lipinski definition) is 1. The summed E-state index contributed by atoms with van der Waals surface area (Å²) in [6.07, 6.45) is 3.85. The molecule has 0 aliphatic heterocycles. The van der Waals surface area contributed by atoms with Gasteiger partial charge in [0.05, 0.1) is 0 Å². The van der Waals surface area contributed by atoms with Gasteiger partial charge in [0.25, 0.3) is 0 Å². The molecule has 0 aliphatic carbocycles. The number of fused-ring (bicyclic) bond motifs is 1. The molecule has 0 amide bonds. The quantitative estimate of drug-likeness (QED) is 0.790. The molecule has 2 heteroatoms. The smallest absolute Gasteiger partial charge is 0.0489 e. The molecule has 0 fully saturated rings. The van der Waals surface area contributed by atoms with Gasteiger partial charge in [-0.05, 0) is 43.4 Å². The number of H-pyrrole nitrogens is 1. The zero-order valence-electron chi connectivity index (χ0n) is 9.30. The van der Waals surface area contributed by atoms with Crippen LogP contribution < -0.4 is 0 Å². The Hall–Kier alpha value is -1.28. The summed E-state index contributed by atoms with van der Waals surface area (Å²) in [5.74, 6) is 0. The molecule has 2 aromatic rings. The van der Waals surface area contributed by atoms with Gasteiger partial charge in [0.1, 0.15) is 0 Å². The number of aryl methyl sites for hydroxylation is 3. The minimum absolute atomic E-state index is 0.261. The summed E-state index contributed by atoms with van der Waals surface area (Å²) in [4.78, 5) is 3.32. The fourth-order valence-electron chi connectivity index (χ4n) is 2.11. The summed E-state index contributed by atoms with van der Waals surface area (Å²) in [7, 11) is 0. The predicted octanol–water partition coefficient (Wildman–Crippen LogP) is 2.71. The van der Waals surface area contributed by atoms with E-state index in [-0.39, 0.29) is 6.61 Å². The van der Waals surface area contributed by atoms with Crippen molar-refractivity contribution in [1.82, 2.24) is 4.98 Å². The monoisotopic (exact) mass is 203 g/mol. The molecule has 15 heavy (non-hydrogen) atoms. The first kappa shape index (κ1) is 10.2. The van der Waals surface area contributed by atoms with Crippen LogP contribution in [0.25, 0.3) is 10.9 Å². The number of hydrogen-bond donors (Lipinski definition) is 2. The molecule has 1 heterocycles. The lowest BCUT2D eigenvalue weighted by molar-refractivity contribution is 0.289. The molecule has 2 rings (SSSR count). The Morgan fingerprint density at radius 2 is 1.93 bits per heavy atom. The SMILES string of the molecule is Cc1ccc(C)c2c(CCCO)c[nH]c12. The van der Waals surface area contributed by atoms with E-state index in [9.17, 15) is 0 Å². The molecule has 0 unspecified atom stereocenters. The first-order valence-corrected chi connectivity index (χ1v) is 5.41. The molecule has 1 aromatic heterocycles. The molecular weight excluding hydrogens is 186 g/mol. The third-order valence-electron chi connectivity index (χ3n) is 2.94. The number of aliphatic hydroxyl groups excluding tert-OH is 1. The van der Waals surface area contributed by atoms with Crippen molar-refractivity contribution >= 4 is 10.9 Å². The number of aromatic amines is 1. The van der Waals surface area contributed by atoms with E-state index >= 15 is 0 Å². The van der Waals surface area contributed by atoms with Crippen LogP contribution >= 0.6 is 0 Å². The van der Waals surface area contributed by atoms with Crippen LogP contribution in [0.4, 0.5) is 0 Å². The Kier molecular flexibility index (Phi) is 2.78. The fraction of sp³-hybridized carbons (Fsp3) is 0.385. The van der Waals surface area contributed by atoms with Crippen molar-refractivity contribution in [3.8, 4) is 0 Å². The highest BCUT2D eigenvalue weighted by Crippen LogP contribution is 2.25. The molecule has 1 aromatic carbocycles. The summed E-state index contributed by atoms with van der Waals surface area (Å²) >= 11 is 0. The molecule has 0 saturated heterocycles. The van der Waals surface area contributed by atoms with Gasteiger partial charge in [0, 0.05) is 23.7 Å². The van der Waals surface area contributed by atoms with Crippen LogP contribution in [0.3, 0.4) is 0 Å². The van der Waals surface area contributed by atoms with Gasteiger partial charge < -0.3 is 10.1 Å². The van der Waals surface area contributed by atoms with Crippen LogP contribution in [0.15, 0.2) is 18.3 Å². The van der Waals surface area contributed by atoms with Crippen LogP contribution in [-0.2, 0) is 6.42 Å². The maximum atomic E-state index is 8.85. The summed E-state index contributed by atoms with van der Waals surface area (Å²) < 4.78 is 0. The van der Waals surface area contributed by atoms with Crippen molar-refractivity contribution in [2.24, 2.45) is 0 Å². The average molecular weight is 203 g/mol. The van der Waals surface area contributed by atoms with E-state index in [0.29, 0.717) is 0 Å². The molecule has 0 spiro atoms. The normalized spacial score (nSPS) is 11.1. The minimum Gasteiger partial charge on any atom is -0.396 e. The second kappa shape index (κ2) is 4.07. The zero-order valence-corrected chi connectivity index (χ0v) is 9.30. The number of rotatable bonds is 3. The molecule has 0 radical (unpaired) electrons. The second-order valence-electron chi connectivity index (χ2n) is 4.09. The molecule has 0 bridgehead atoms. The van der Waals surface area contributed by atoms with E-state index < -0.39 is 0 Å². The van der Waals surface area contributed by atoms with Crippen LogP contribution in [0.1, 0.15) is 23.1 Å². The lowest BCUT2D eigenvalue weighted by Gasteiger charge is -2.03. The maximum Gasteiger partial charge on any atom is 0.0489 e. The minimum atomic E-state index is 0.261. The van der Waals surface area contributed by atoms with Gasteiger partial charge in [0.15, 0.2) is 0 Å². The summed E-state index contributed by atoms with van der Waals surface area (Å²) in [6, 6.07) is 4.30. The molecule has 2 N–H and O–H groups in total. The standard InChI is InChI=1S/C13H17NO/c1-9-5-6-10(2)13-12(9)11(8-14-13)4-3-7-15/h5-6,8,14-15H,3-4,7H2,1-2H3. The molecule has 0 saturated carbocycles. The summed E-state index contributed by atoms with van der Waals surface area (Å²) in [6.45, 7) is 4.52. The van der Waals surface area contributed by atoms with Gasteiger partial charge in [-0.1, -0.05) is 12.1 Å². The van der Waals surface area contributed by atoms with Crippen molar-refractivity contribution in [2.75, 3.05) is 6.61 Å².